The fourth-order valence-corrected chi connectivity index (χ4v) is 1.83. The molecule has 0 radical (unpaired) electrons. The van der Waals surface area contributed by atoms with Gasteiger partial charge in [-0.3, -0.25) is 9.69 Å². The summed E-state index contributed by atoms with van der Waals surface area (Å²) < 4.78 is 0. The highest BCUT2D eigenvalue weighted by molar-refractivity contribution is 5.75. The molecule has 0 heterocycles. The standard InChI is InChI=1S/C13H21N3O2/c14-12-5-3-4-11(8-12)9-16(10-13(15)18)6-1-2-7-17/h3-5,8,17H,1-2,6-7,9-10,14H2,(H2,15,18). The van der Waals surface area contributed by atoms with Gasteiger partial charge in [-0.2, -0.15) is 0 Å². The van der Waals surface area contributed by atoms with Gasteiger partial charge in [-0.1, -0.05) is 12.1 Å². The number of hydrogen-bond donors (Lipinski definition) is 3. The first-order valence-electron chi connectivity index (χ1n) is 6.07. The predicted octanol–water partition coefficient (Wildman–Crippen LogP) is 0.329. The van der Waals surface area contributed by atoms with Gasteiger partial charge in [0.15, 0.2) is 0 Å². The zero-order chi connectivity index (χ0) is 13.4. The van der Waals surface area contributed by atoms with Crippen LogP contribution in [-0.2, 0) is 11.3 Å². The van der Waals surface area contributed by atoms with Crippen LogP contribution in [0.5, 0.6) is 0 Å². The number of amides is 1. The van der Waals surface area contributed by atoms with E-state index in [2.05, 4.69) is 0 Å². The number of anilines is 1. The lowest BCUT2D eigenvalue weighted by atomic mass is 10.2. The number of nitrogen functional groups attached to an aromatic ring is 1. The van der Waals surface area contributed by atoms with Gasteiger partial charge in [0.1, 0.15) is 0 Å². The maximum absolute atomic E-state index is 11.0. The van der Waals surface area contributed by atoms with Crippen LogP contribution in [-0.4, -0.2) is 35.6 Å². The highest BCUT2D eigenvalue weighted by Gasteiger charge is 2.09. The highest BCUT2D eigenvalue weighted by Crippen LogP contribution is 2.10. The molecule has 5 N–H and O–H groups in total. The summed E-state index contributed by atoms with van der Waals surface area (Å²) in [4.78, 5) is 13.0. The number of aliphatic hydroxyl groups excluding tert-OH is 1. The number of nitrogens with two attached hydrogens (primary N) is 2. The SMILES string of the molecule is NC(=O)CN(CCCCO)Cc1cccc(N)c1. The molecule has 0 atom stereocenters. The van der Waals surface area contributed by atoms with Crippen molar-refractivity contribution in [1.82, 2.24) is 4.90 Å². The summed E-state index contributed by atoms with van der Waals surface area (Å²) >= 11 is 0. The fourth-order valence-electron chi connectivity index (χ4n) is 1.83. The summed E-state index contributed by atoms with van der Waals surface area (Å²) in [5.74, 6) is -0.345. The maximum Gasteiger partial charge on any atom is 0.231 e. The molecule has 0 aliphatic rings. The third kappa shape index (κ3) is 5.65. The second-order valence-corrected chi connectivity index (χ2v) is 4.35. The number of unbranched alkanes of at least 4 members (excludes halogenated alkanes) is 1. The summed E-state index contributed by atoms with van der Waals surface area (Å²) in [5.41, 5.74) is 12.7. The molecule has 100 valence electrons. The van der Waals surface area contributed by atoms with Crippen LogP contribution in [0.1, 0.15) is 18.4 Å². The quantitative estimate of drug-likeness (QED) is 0.458. The first-order valence-corrected chi connectivity index (χ1v) is 6.07. The number of nitrogens with zero attached hydrogens (tertiary/aromatic N) is 1. The van der Waals surface area contributed by atoms with Crippen molar-refractivity contribution in [2.45, 2.75) is 19.4 Å². The van der Waals surface area contributed by atoms with E-state index in [4.69, 9.17) is 16.6 Å². The normalized spacial score (nSPS) is 10.8. The molecule has 5 heteroatoms. The van der Waals surface area contributed by atoms with E-state index in [-0.39, 0.29) is 19.1 Å². The Labute approximate surface area is 107 Å². The minimum Gasteiger partial charge on any atom is -0.399 e. The molecule has 0 bridgehead atoms. The second-order valence-electron chi connectivity index (χ2n) is 4.35. The Morgan fingerprint density at radius 2 is 2.11 bits per heavy atom. The number of aliphatic hydroxyl groups is 1. The zero-order valence-electron chi connectivity index (χ0n) is 10.5. The van der Waals surface area contributed by atoms with Crippen LogP contribution in [0, 0.1) is 0 Å². The van der Waals surface area contributed by atoms with Crippen LogP contribution in [0.25, 0.3) is 0 Å². The Kier molecular flexibility index (Phi) is 6.18. The van der Waals surface area contributed by atoms with Crippen molar-refractivity contribution < 1.29 is 9.90 Å². The molecule has 0 unspecified atom stereocenters. The van der Waals surface area contributed by atoms with Crippen LogP contribution < -0.4 is 11.5 Å². The Morgan fingerprint density at radius 1 is 1.33 bits per heavy atom. The van der Waals surface area contributed by atoms with Gasteiger partial charge in [-0.15, -0.1) is 0 Å². The molecule has 1 aromatic rings. The molecule has 1 aromatic carbocycles. The van der Waals surface area contributed by atoms with Gasteiger partial charge in [0.25, 0.3) is 0 Å². The largest absolute Gasteiger partial charge is 0.399 e. The van der Waals surface area contributed by atoms with Crippen molar-refractivity contribution in [3.05, 3.63) is 29.8 Å². The first kappa shape index (κ1) is 14.5. The third-order valence-electron chi connectivity index (χ3n) is 2.62. The summed E-state index contributed by atoms with van der Waals surface area (Å²) in [5, 5.41) is 8.76. The fraction of sp³-hybridized carbons (Fsp3) is 0.462. The van der Waals surface area contributed by atoms with Crippen LogP contribution in [0.2, 0.25) is 0 Å². The summed E-state index contributed by atoms with van der Waals surface area (Å²) in [6.45, 7) is 1.76. The minimum atomic E-state index is -0.345. The summed E-state index contributed by atoms with van der Waals surface area (Å²) in [7, 11) is 0. The number of rotatable bonds is 8. The van der Waals surface area contributed by atoms with E-state index in [1.54, 1.807) is 0 Å². The maximum atomic E-state index is 11.0. The minimum absolute atomic E-state index is 0.169. The Morgan fingerprint density at radius 3 is 2.72 bits per heavy atom. The van der Waals surface area contributed by atoms with Gasteiger partial charge >= 0.3 is 0 Å². The molecule has 0 saturated heterocycles. The van der Waals surface area contributed by atoms with E-state index >= 15 is 0 Å². The lowest BCUT2D eigenvalue weighted by molar-refractivity contribution is -0.119. The molecular weight excluding hydrogens is 230 g/mol. The molecule has 0 fully saturated rings. The van der Waals surface area contributed by atoms with Gasteiger partial charge in [0.2, 0.25) is 5.91 Å². The Balaban J connectivity index is 2.56. The van der Waals surface area contributed by atoms with Crippen molar-refractivity contribution in [2.75, 3.05) is 25.4 Å². The Hall–Kier alpha value is -1.59. The van der Waals surface area contributed by atoms with Gasteiger partial charge in [-0.05, 0) is 37.1 Å². The van der Waals surface area contributed by atoms with Crippen LogP contribution in [0.3, 0.4) is 0 Å². The van der Waals surface area contributed by atoms with E-state index < -0.39 is 0 Å². The molecule has 0 aliphatic heterocycles. The lowest BCUT2D eigenvalue weighted by Gasteiger charge is -2.20. The zero-order valence-corrected chi connectivity index (χ0v) is 10.5. The molecule has 0 aliphatic carbocycles. The van der Waals surface area contributed by atoms with Crippen molar-refractivity contribution in [2.24, 2.45) is 5.73 Å². The van der Waals surface area contributed by atoms with E-state index in [0.29, 0.717) is 12.2 Å². The number of benzene rings is 1. The summed E-state index contributed by atoms with van der Waals surface area (Å²) in [6.07, 6.45) is 1.57. The topological polar surface area (TPSA) is 92.6 Å². The van der Waals surface area contributed by atoms with Crippen LogP contribution in [0.15, 0.2) is 24.3 Å². The van der Waals surface area contributed by atoms with Gasteiger partial charge in [-0.25, -0.2) is 0 Å². The predicted molar refractivity (Wildman–Crippen MR) is 71.6 cm³/mol. The number of carbonyl (C=O) groups excluding carboxylic acids is 1. The molecule has 0 spiro atoms. The van der Waals surface area contributed by atoms with Gasteiger partial charge < -0.3 is 16.6 Å². The second kappa shape index (κ2) is 7.68. The van der Waals surface area contributed by atoms with E-state index in [1.807, 2.05) is 29.2 Å². The summed E-state index contributed by atoms with van der Waals surface area (Å²) in [6, 6.07) is 7.57. The Bertz CT molecular complexity index is 382. The average molecular weight is 251 g/mol. The number of hydrogen-bond acceptors (Lipinski definition) is 4. The molecule has 0 aromatic heterocycles. The molecular formula is C13H21N3O2. The van der Waals surface area contributed by atoms with Crippen molar-refractivity contribution >= 4 is 11.6 Å². The molecule has 18 heavy (non-hydrogen) atoms. The smallest absolute Gasteiger partial charge is 0.231 e. The van der Waals surface area contributed by atoms with Crippen molar-refractivity contribution in [3.8, 4) is 0 Å². The van der Waals surface area contributed by atoms with Crippen molar-refractivity contribution in [1.29, 1.82) is 0 Å². The van der Waals surface area contributed by atoms with Crippen LogP contribution >= 0.6 is 0 Å². The van der Waals surface area contributed by atoms with E-state index in [9.17, 15) is 4.79 Å². The van der Waals surface area contributed by atoms with Crippen molar-refractivity contribution in [3.63, 3.8) is 0 Å². The average Bonchev–Trinajstić information content (AvgIpc) is 2.28. The molecule has 0 saturated carbocycles. The van der Waals surface area contributed by atoms with E-state index in [1.165, 1.54) is 0 Å². The highest BCUT2D eigenvalue weighted by atomic mass is 16.2. The number of carbonyl (C=O) groups is 1. The third-order valence-corrected chi connectivity index (χ3v) is 2.62. The molecule has 1 rings (SSSR count). The first-order chi connectivity index (χ1) is 8.61. The lowest BCUT2D eigenvalue weighted by Crippen LogP contribution is -2.34. The van der Waals surface area contributed by atoms with Crippen LogP contribution in [0.4, 0.5) is 5.69 Å². The van der Waals surface area contributed by atoms with Gasteiger partial charge in [0.05, 0.1) is 6.54 Å². The van der Waals surface area contributed by atoms with Gasteiger partial charge in [0, 0.05) is 18.8 Å². The van der Waals surface area contributed by atoms with E-state index in [0.717, 1.165) is 24.9 Å². The molecule has 5 nitrogen and oxygen atoms in total. The number of primary amides is 1. The monoisotopic (exact) mass is 251 g/mol. The molecule has 1 amide bonds.